The first-order valence-corrected chi connectivity index (χ1v) is 8.73. The van der Waals surface area contributed by atoms with Crippen molar-refractivity contribution in [2.45, 2.75) is 17.4 Å². The summed E-state index contributed by atoms with van der Waals surface area (Å²) in [5, 5.41) is 10.0. The van der Waals surface area contributed by atoms with Crippen LogP contribution in [0.4, 0.5) is 4.39 Å². The Balaban J connectivity index is 1.93. The molecule has 0 aliphatic carbocycles. The number of halogens is 1. The predicted molar refractivity (Wildman–Crippen MR) is 86.3 cm³/mol. The molecule has 1 unspecified atom stereocenters. The second kappa shape index (κ2) is 5.89. The van der Waals surface area contributed by atoms with E-state index in [9.17, 15) is 22.7 Å². The highest BCUT2D eigenvalue weighted by atomic mass is 32.2. The second-order valence-electron chi connectivity index (χ2n) is 5.57. The molecule has 25 heavy (non-hydrogen) atoms. The van der Waals surface area contributed by atoms with Gasteiger partial charge in [-0.3, -0.25) is 4.79 Å². The van der Waals surface area contributed by atoms with Crippen LogP contribution in [0, 0.1) is 5.82 Å². The van der Waals surface area contributed by atoms with E-state index < -0.39 is 38.9 Å². The molecule has 0 fully saturated rings. The van der Waals surface area contributed by atoms with Gasteiger partial charge in [-0.15, -0.1) is 0 Å². The molecule has 2 aromatic carbocycles. The van der Waals surface area contributed by atoms with Crippen molar-refractivity contribution in [2.75, 3.05) is 0 Å². The first-order chi connectivity index (χ1) is 11.7. The number of carbonyl (C=O) groups excluding carboxylic acids is 1. The van der Waals surface area contributed by atoms with E-state index in [1.165, 1.54) is 49.4 Å². The summed E-state index contributed by atoms with van der Waals surface area (Å²) < 4.78 is 45.6. The lowest BCUT2D eigenvalue weighted by molar-refractivity contribution is -0.131. The fourth-order valence-corrected chi connectivity index (χ4v) is 3.47. The number of aliphatic hydroxyl groups excluding tert-OH is 1. The van der Waals surface area contributed by atoms with Crippen molar-refractivity contribution >= 4 is 15.8 Å². The molecule has 130 valence electrons. The van der Waals surface area contributed by atoms with Gasteiger partial charge in [0, 0.05) is 5.56 Å². The highest BCUT2D eigenvalue weighted by Crippen LogP contribution is 2.37. The Hall–Kier alpha value is -2.87. The van der Waals surface area contributed by atoms with E-state index in [4.69, 9.17) is 4.74 Å². The minimum Gasteiger partial charge on any atom is -0.501 e. The minimum atomic E-state index is -4.06. The molecule has 1 aliphatic heterocycles. The van der Waals surface area contributed by atoms with Gasteiger partial charge < -0.3 is 9.84 Å². The fraction of sp³-hybridized carbons (Fsp3) is 0.118. The maximum Gasteiger partial charge on any atom is 0.264 e. The number of hydrogen-bond donors (Lipinski definition) is 2. The molecule has 0 spiro atoms. The SMILES string of the molecule is CC1(c2cccc(F)c2)OC(NS(=O)(=O)c2ccccc2)=C(O)C1=O. The number of carbonyl (C=O) groups is 1. The van der Waals surface area contributed by atoms with Gasteiger partial charge in [0.1, 0.15) is 5.82 Å². The zero-order valence-electron chi connectivity index (χ0n) is 13.1. The Bertz CT molecular complexity index is 972. The fourth-order valence-electron chi connectivity index (χ4n) is 2.45. The van der Waals surface area contributed by atoms with Crippen LogP contribution in [0.5, 0.6) is 0 Å². The van der Waals surface area contributed by atoms with Gasteiger partial charge in [0.15, 0.2) is 5.60 Å². The Morgan fingerprint density at radius 3 is 2.44 bits per heavy atom. The van der Waals surface area contributed by atoms with Gasteiger partial charge in [0.25, 0.3) is 15.8 Å². The van der Waals surface area contributed by atoms with E-state index in [1.54, 1.807) is 6.07 Å². The molecule has 0 bridgehead atoms. The first kappa shape index (κ1) is 17.0. The molecule has 0 amide bonds. The number of rotatable bonds is 4. The third-order valence-corrected chi connectivity index (χ3v) is 5.17. The minimum absolute atomic E-state index is 0.0642. The Kier molecular flexibility index (Phi) is 4.00. The number of hydrogen-bond acceptors (Lipinski definition) is 5. The summed E-state index contributed by atoms with van der Waals surface area (Å²) in [5.74, 6) is -2.93. The number of aliphatic hydroxyl groups is 1. The summed E-state index contributed by atoms with van der Waals surface area (Å²) in [6.07, 6.45) is 0. The van der Waals surface area contributed by atoms with Gasteiger partial charge >= 0.3 is 0 Å². The Morgan fingerprint density at radius 2 is 1.80 bits per heavy atom. The van der Waals surface area contributed by atoms with Crippen LogP contribution in [0.1, 0.15) is 12.5 Å². The van der Waals surface area contributed by atoms with Crippen LogP contribution >= 0.6 is 0 Å². The van der Waals surface area contributed by atoms with Crippen LogP contribution in [0.25, 0.3) is 0 Å². The number of nitrogens with one attached hydrogen (secondary N) is 1. The van der Waals surface area contributed by atoms with Gasteiger partial charge in [-0.1, -0.05) is 30.3 Å². The quantitative estimate of drug-likeness (QED) is 0.870. The summed E-state index contributed by atoms with van der Waals surface area (Å²) in [7, 11) is -4.06. The number of Topliss-reactive ketones (excluding diaryl/α,β-unsaturated/α-hetero) is 1. The molecule has 1 heterocycles. The molecule has 0 aromatic heterocycles. The smallest absolute Gasteiger partial charge is 0.264 e. The van der Waals surface area contributed by atoms with Gasteiger partial charge in [-0.05, 0) is 31.2 Å². The Labute approximate surface area is 143 Å². The average molecular weight is 363 g/mol. The first-order valence-electron chi connectivity index (χ1n) is 7.25. The zero-order valence-corrected chi connectivity index (χ0v) is 13.9. The van der Waals surface area contributed by atoms with Crippen molar-refractivity contribution in [1.29, 1.82) is 0 Å². The van der Waals surface area contributed by atoms with Crippen LogP contribution in [0.3, 0.4) is 0 Å². The van der Waals surface area contributed by atoms with Gasteiger partial charge in [0.05, 0.1) is 4.90 Å². The summed E-state index contributed by atoms with van der Waals surface area (Å²) in [5.41, 5.74) is -1.58. The van der Waals surface area contributed by atoms with Crippen LogP contribution in [-0.4, -0.2) is 19.3 Å². The lowest BCUT2D eigenvalue weighted by Gasteiger charge is -2.23. The van der Waals surface area contributed by atoms with Crippen molar-refractivity contribution in [1.82, 2.24) is 4.72 Å². The number of ether oxygens (including phenoxy) is 1. The third kappa shape index (κ3) is 2.96. The standard InChI is InChI=1S/C17H14FNO5S/c1-17(11-6-5-7-12(18)10-11)15(21)14(20)16(24-17)19-25(22,23)13-8-3-2-4-9-13/h2-10,19-20H,1H3. The maximum atomic E-state index is 13.4. The van der Waals surface area contributed by atoms with Crippen molar-refractivity contribution < 1.29 is 27.4 Å². The van der Waals surface area contributed by atoms with Gasteiger partial charge in [0.2, 0.25) is 11.6 Å². The van der Waals surface area contributed by atoms with Gasteiger partial charge in [-0.2, -0.15) is 0 Å². The van der Waals surface area contributed by atoms with E-state index in [0.29, 0.717) is 0 Å². The predicted octanol–water partition coefficient (Wildman–Crippen LogP) is 2.35. The number of ketones is 1. The zero-order chi connectivity index (χ0) is 18.2. The average Bonchev–Trinajstić information content (AvgIpc) is 2.80. The lowest BCUT2D eigenvalue weighted by atomic mass is 9.91. The molecular weight excluding hydrogens is 349 g/mol. The van der Waals surface area contributed by atoms with Crippen LogP contribution < -0.4 is 4.72 Å². The lowest BCUT2D eigenvalue weighted by Crippen LogP contribution is -2.32. The molecule has 6 nitrogen and oxygen atoms in total. The highest BCUT2D eigenvalue weighted by molar-refractivity contribution is 7.89. The maximum absolute atomic E-state index is 13.4. The molecule has 0 saturated heterocycles. The highest BCUT2D eigenvalue weighted by Gasteiger charge is 2.49. The normalized spacial score (nSPS) is 20.5. The molecule has 3 rings (SSSR count). The van der Waals surface area contributed by atoms with Gasteiger partial charge in [-0.25, -0.2) is 17.5 Å². The second-order valence-corrected chi connectivity index (χ2v) is 7.25. The molecule has 2 aromatic rings. The molecule has 1 aliphatic rings. The van der Waals surface area contributed by atoms with E-state index in [1.807, 2.05) is 0 Å². The van der Waals surface area contributed by atoms with Crippen molar-refractivity contribution in [3.63, 3.8) is 0 Å². The molecule has 0 radical (unpaired) electrons. The number of sulfonamides is 1. The molecular formula is C17H14FNO5S. The summed E-state index contributed by atoms with van der Waals surface area (Å²) in [4.78, 5) is 12.3. The topological polar surface area (TPSA) is 92.7 Å². The van der Waals surface area contributed by atoms with Crippen LogP contribution in [-0.2, 0) is 25.2 Å². The summed E-state index contributed by atoms with van der Waals surface area (Å²) in [6, 6.07) is 12.5. The Morgan fingerprint density at radius 1 is 1.12 bits per heavy atom. The molecule has 0 saturated carbocycles. The molecule has 1 atom stereocenters. The van der Waals surface area contributed by atoms with Crippen molar-refractivity contribution in [3.8, 4) is 0 Å². The van der Waals surface area contributed by atoms with Crippen molar-refractivity contribution in [2.24, 2.45) is 0 Å². The van der Waals surface area contributed by atoms with Crippen LogP contribution in [0.2, 0.25) is 0 Å². The summed E-state index contributed by atoms with van der Waals surface area (Å²) in [6.45, 7) is 1.32. The van der Waals surface area contributed by atoms with Crippen molar-refractivity contribution in [3.05, 3.63) is 77.6 Å². The monoisotopic (exact) mass is 363 g/mol. The largest absolute Gasteiger partial charge is 0.501 e. The van der Waals surface area contributed by atoms with E-state index in [2.05, 4.69) is 4.72 Å². The number of benzene rings is 2. The van der Waals surface area contributed by atoms with E-state index >= 15 is 0 Å². The molecule has 2 N–H and O–H groups in total. The summed E-state index contributed by atoms with van der Waals surface area (Å²) >= 11 is 0. The third-order valence-electron chi connectivity index (χ3n) is 3.83. The van der Waals surface area contributed by atoms with E-state index in [-0.39, 0.29) is 10.5 Å². The molecule has 8 heteroatoms. The van der Waals surface area contributed by atoms with Crippen LogP contribution in [0.15, 0.2) is 71.1 Å². The van der Waals surface area contributed by atoms with E-state index in [0.717, 1.165) is 6.07 Å².